The lowest BCUT2D eigenvalue weighted by atomic mass is 9.56. The van der Waals surface area contributed by atoms with Crippen LogP contribution in [0.2, 0.25) is 0 Å². The van der Waals surface area contributed by atoms with E-state index < -0.39 is 52.6 Å². The van der Waals surface area contributed by atoms with E-state index in [2.05, 4.69) is 19.9 Å². The van der Waals surface area contributed by atoms with E-state index in [-0.39, 0.29) is 43.0 Å². The Bertz CT molecular complexity index is 2000. The van der Waals surface area contributed by atoms with Crippen molar-refractivity contribution in [3.8, 4) is 17.1 Å². The largest absolute Gasteiger partial charge is 0.490 e. The molecule has 3 heterocycles. The van der Waals surface area contributed by atoms with Gasteiger partial charge in [0.05, 0.1) is 30.3 Å². The fourth-order valence-electron chi connectivity index (χ4n) is 11.2. The minimum Gasteiger partial charge on any atom is -0.490 e. The lowest BCUT2D eigenvalue weighted by molar-refractivity contribution is -0.155. The second kappa shape index (κ2) is 12.9. The second-order valence-electron chi connectivity index (χ2n) is 18.1. The van der Waals surface area contributed by atoms with Crippen molar-refractivity contribution in [2.75, 3.05) is 13.1 Å². The number of aliphatic carboxylic acids is 1. The zero-order valence-corrected chi connectivity index (χ0v) is 31.2. The first-order valence-electron chi connectivity index (χ1n) is 20.0. The molecule has 1 amide bonds. The van der Waals surface area contributed by atoms with Crippen LogP contribution < -0.4 is 10.1 Å². The van der Waals surface area contributed by atoms with E-state index in [0.29, 0.717) is 47.3 Å². The number of fused-ring (bicyclic) bond motifs is 3. The number of alkyl halides is 5. The zero-order chi connectivity index (χ0) is 38.7. The molecule has 1 saturated heterocycles. The maximum Gasteiger partial charge on any atom is 0.434 e. The molecule has 2 N–H and O–H groups in total. The number of nitrogens with one attached hydrogen (secondary N) is 1. The quantitative estimate of drug-likeness (QED) is 0.221. The molecule has 3 aromatic rings. The van der Waals surface area contributed by atoms with Crippen LogP contribution in [0.4, 0.5) is 22.0 Å². The molecule has 6 aliphatic rings. The van der Waals surface area contributed by atoms with Crippen molar-refractivity contribution in [2.24, 2.45) is 29.1 Å². The van der Waals surface area contributed by atoms with E-state index in [1.54, 1.807) is 19.2 Å². The SMILES string of the molecule is CC1CC2CC(C)C(NC(=O)c3cnc(-c4cn(C5CC6(CC6)C5)c5cc(OC6CCC(N7CC(F)(F)C7)CC6)ccc45)nc3C(F)(F)F)(C(=O)O)C(C1)C2. The van der Waals surface area contributed by atoms with E-state index in [1.807, 2.05) is 24.0 Å². The number of benzene rings is 1. The minimum absolute atomic E-state index is 0.0759. The molecule has 5 aliphatic carbocycles. The molecule has 5 saturated carbocycles. The number of carbonyl (C=O) groups excluding carboxylic acids is 1. The number of hydrogen-bond acceptors (Lipinski definition) is 6. The number of nitrogens with zero attached hydrogens (tertiary/aromatic N) is 4. The van der Waals surface area contributed by atoms with Crippen LogP contribution in [0.25, 0.3) is 22.3 Å². The second-order valence-corrected chi connectivity index (χ2v) is 18.1. The molecule has 2 bridgehead atoms. The summed E-state index contributed by atoms with van der Waals surface area (Å²) < 4.78 is 79.9. The van der Waals surface area contributed by atoms with Gasteiger partial charge in [-0.25, -0.2) is 23.5 Å². The van der Waals surface area contributed by atoms with Crippen LogP contribution >= 0.6 is 0 Å². The van der Waals surface area contributed by atoms with Crippen molar-refractivity contribution in [1.29, 1.82) is 0 Å². The van der Waals surface area contributed by atoms with Gasteiger partial charge in [0.1, 0.15) is 11.3 Å². The number of carboxylic acid groups (broad SMARTS) is 1. The average Bonchev–Trinajstić information content (AvgIpc) is 3.82. The third kappa shape index (κ3) is 6.47. The summed E-state index contributed by atoms with van der Waals surface area (Å²) in [5, 5.41) is 13.8. The van der Waals surface area contributed by atoms with Crippen LogP contribution in [-0.4, -0.2) is 73.1 Å². The summed E-state index contributed by atoms with van der Waals surface area (Å²) in [7, 11) is 0. The van der Waals surface area contributed by atoms with Gasteiger partial charge in [-0.3, -0.25) is 9.69 Å². The standard InChI is InChI=1S/C41H48F5N5O4/c1-22-11-24-13-23(2)40(37(53)54,25(12-22)14-24)49-36(52)31-18-47-35(48-34(31)41(44,45)46)32-19-51(27-16-38(17-27)9-10-38)33-15-29(7-8-30(32)33)55-28-5-3-26(4-6-28)50-20-39(42,43)21-50/h7-8,15,18-19,22-28H,3-6,9-14,16-17,20-21H2,1-2H3,(H,49,52)(H,53,54). The molecule has 55 heavy (non-hydrogen) atoms. The van der Waals surface area contributed by atoms with Gasteiger partial charge in [-0.05, 0) is 118 Å². The highest BCUT2D eigenvalue weighted by molar-refractivity contribution is 6.00. The van der Waals surface area contributed by atoms with Crippen molar-refractivity contribution >= 4 is 22.8 Å². The van der Waals surface area contributed by atoms with Crippen LogP contribution in [-0.2, 0) is 11.0 Å². The van der Waals surface area contributed by atoms with Gasteiger partial charge in [0, 0.05) is 41.5 Å². The van der Waals surface area contributed by atoms with Gasteiger partial charge in [-0.2, -0.15) is 13.2 Å². The van der Waals surface area contributed by atoms with Crippen molar-refractivity contribution in [1.82, 2.24) is 24.8 Å². The molecule has 0 radical (unpaired) electrons. The third-order valence-corrected chi connectivity index (χ3v) is 14.2. The number of carboxylic acids is 1. The monoisotopic (exact) mass is 769 g/mol. The number of halogens is 5. The number of aromatic nitrogens is 3. The molecule has 9 rings (SSSR count). The first-order chi connectivity index (χ1) is 26.0. The smallest absolute Gasteiger partial charge is 0.434 e. The molecule has 14 heteroatoms. The van der Waals surface area contributed by atoms with Crippen molar-refractivity contribution < 1.29 is 41.4 Å². The Morgan fingerprint density at radius 2 is 1.71 bits per heavy atom. The Balaban J connectivity index is 1.01. The van der Waals surface area contributed by atoms with Crippen LogP contribution in [0.1, 0.15) is 113 Å². The van der Waals surface area contributed by atoms with Crippen molar-refractivity contribution in [3.63, 3.8) is 0 Å². The Hall–Kier alpha value is -3.81. The molecule has 5 unspecified atom stereocenters. The Kier molecular flexibility index (Phi) is 8.60. The lowest BCUT2D eigenvalue weighted by Gasteiger charge is -2.52. The highest BCUT2D eigenvalue weighted by atomic mass is 19.4. The fourth-order valence-corrected chi connectivity index (χ4v) is 11.2. The van der Waals surface area contributed by atoms with Crippen molar-refractivity contribution in [3.05, 3.63) is 41.9 Å². The number of likely N-dealkylation sites (tertiary alicyclic amines) is 1. The maximum absolute atomic E-state index is 14.8. The van der Waals surface area contributed by atoms with Crippen LogP contribution in [0.3, 0.4) is 0 Å². The number of rotatable bonds is 8. The first-order valence-corrected chi connectivity index (χ1v) is 20.0. The van der Waals surface area contributed by atoms with Crippen LogP contribution in [0.15, 0.2) is 30.6 Å². The lowest BCUT2D eigenvalue weighted by Crippen LogP contribution is -2.66. The third-order valence-electron chi connectivity index (χ3n) is 14.2. The Labute approximate surface area is 316 Å². The summed E-state index contributed by atoms with van der Waals surface area (Å²) in [6, 6.07) is 5.80. The molecular formula is C41H48F5N5O4. The summed E-state index contributed by atoms with van der Waals surface area (Å²) in [5.74, 6) is -4.84. The first kappa shape index (κ1) is 36.8. The Morgan fingerprint density at radius 1 is 0.982 bits per heavy atom. The molecule has 2 aromatic heterocycles. The molecule has 1 aromatic carbocycles. The van der Waals surface area contributed by atoms with Crippen LogP contribution in [0.5, 0.6) is 5.75 Å². The van der Waals surface area contributed by atoms with E-state index in [4.69, 9.17) is 4.74 Å². The van der Waals surface area contributed by atoms with Gasteiger partial charge in [-0.1, -0.05) is 13.8 Å². The molecule has 6 fully saturated rings. The van der Waals surface area contributed by atoms with Gasteiger partial charge in [0.2, 0.25) is 0 Å². The van der Waals surface area contributed by atoms with Gasteiger partial charge >= 0.3 is 12.1 Å². The summed E-state index contributed by atoms with van der Waals surface area (Å²) >= 11 is 0. The molecule has 9 nitrogen and oxygen atoms in total. The normalized spacial score (nSPS) is 32.8. The van der Waals surface area contributed by atoms with Gasteiger partial charge < -0.3 is 19.7 Å². The van der Waals surface area contributed by atoms with E-state index in [9.17, 15) is 36.6 Å². The number of ether oxygens (including phenoxy) is 1. The zero-order valence-electron chi connectivity index (χ0n) is 31.2. The minimum atomic E-state index is -5.02. The summed E-state index contributed by atoms with van der Waals surface area (Å²) in [6.45, 7) is 3.44. The summed E-state index contributed by atoms with van der Waals surface area (Å²) in [5.41, 5.74) is -2.38. The number of carbonyl (C=O) groups is 2. The van der Waals surface area contributed by atoms with E-state index in [1.165, 1.54) is 12.8 Å². The van der Waals surface area contributed by atoms with Gasteiger partial charge in [-0.15, -0.1) is 0 Å². The molecule has 1 spiro atoms. The highest BCUT2D eigenvalue weighted by Gasteiger charge is 2.57. The van der Waals surface area contributed by atoms with Crippen molar-refractivity contribution in [2.45, 2.75) is 127 Å². The summed E-state index contributed by atoms with van der Waals surface area (Å²) in [4.78, 5) is 37.0. The van der Waals surface area contributed by atoms with Crippen LogP contribution in [0, 0.1) is 29.1 Å². The van der Waals surface area contributed by atoms with E-state index in [0.717, 1.165) is 56.7 Å². The predicted octanol–water partition coefficient (Wildman–Crippen LogP) is 8.52. The maximum atomic E-state index is 14.8. The van der Waals surface area contributed by atoms with Gasteiger partial charge in [0.15, 0.2) is 11.5 Å². The molecule has 5 atom stereocenters. The molecular weight excluding hydrogens is 721 g/mol. The number of hydrogen-bond donors (Lipinski definition) is 2. The molecule has 1 aliphatic heterocycles. The number of amides is 1. The fraction of sp³-hybridized carbons (Fsp3) is 0.659. The Morgan fingerprint density at radius 3 is 2.36 bits per heavy atom. The van der Waals surface area contributed by atoms with Gasteiger partial charge in [0.25, 0.3) is 11.8 Å². The molecule has 296 valence electrons. The average molecular weight is 770 g/mol. The predicted molar refractivity (Wildman–Crippen MR) is 193 cm³/mol. The van der Waals surface area contributed by atoms with E-state index >= 15 is 0 Å². The topological polar surface area (TPSA) is 110 Å². The summed E-state index contributed by atoms with van der Waals surface area (Å²) in [6.07, 6.45) is 7.61. The highest BCUT2D eigenvalue weighted by Crippen LogP contribution is 2.65.